The lowest BCUT2D eigenvalue weighted by atomic mass is 9.90. The second-order valence-corrected chi connectivity index (χ2v) is 8.35. The molecule has 6 aromatic rings. The summed E-state index contributed by atoms with van der Waals surface area (Å²) in [7, 11) is 0. The molecule has 6 rings (SSSR count). The molecule has 0 fully saturated rings. The number of benzene rings is 5. The molecule has 0 aliphatic heterocycles. The van der Waals surface area contributed by atoms with Crippen LogP contribution in [0.5, 0.6) is 0 Å². The minimum Gasteiger partial charge on any atom is -0.456 e. The molecule has 0 unspecified atom stereocenters. The Bertz CT molecular complexity index is 1540. The molecule has 1 aromatic heterocycles. The minimum atomic E-state index is 0.734. The van der Waals surface area contributed by atoms with Crippen LogP contribution in [0.25, 0.3) is 55.3 Å². The third kappa shape index (κ3) is 3.19. The van der Waals surface area contributed by atoms with E-state index in [9.17, 15) is 0 Å². The number of para-hydroxylation sites is 1. The molecule has 0 N–H and O–H groups in total. The second kappa shape index (κ2) is 7.71. The van der Waals surface area contributed by atoms with Gasteiger partial charge in [0.15, 0.2) is 0 Å². The van der Waals surface area contributed by atoms with Crippen LogP contribution in [0.15, 0.2) is 120 Å². The van der Waals surface area contributed by atoms with E-state index in [1.165, 1.54) is 16.7 Å². The first kappa shape index (κ1) is 18.9. The van der Waals surface area contributed by atoms with E-state index in [0.717, 1.165) is 43.7 Å². The summed E-state index contributed by atoms with van der Waals surface area (Å²) in [5.74, 6) is 0. The Balaban J connectivity index is 1.63. The van der Waals surface area contributed by atoms with Gasteiger partial charge in [0.1, 0.15) is 11.2 Å². The number of rotatable bonds is 3. The van der Waals surface area contributed by atoms with Crippen LogP contribution in [0.1, 0.15) is 0 Å². The normalized spacial score (nSPS) is 11.3. The van der Waals surface area contributed by atoms with Crippen molar-refractivity contribution in [1.82, 2.24) is 0 Å². The van der Waals surface area contributed by atoms with Gasteiger partial charge in [-0.05, 0) is 52.1 Å². The van der Waals surface area contributed by atoms with Gasteiger partial charge in [-0.2, -0.15) is 0 Å². The fourth-order valence-corrected chi connectivity index (χ4v) is 4.57. The van der Waals surface area contributed by atoms with Gasteiger partial charge in [0.25, 0.3) is 0 Å². The molecule has 1 heterocycles. The Labute approximate surface area is 191 Å². The topological polar surface area (TPSA) is 13.1 Å². The van der Waals surface area contributed by atoms with Crippen LogP contribution in [0.3, 0.4) is 0 Å². The third-order valence-corrected chi connectivity index (χ3v) is 6.23. The zero-order valence-corrected chi connectivity index (χ0v) is 18.0. The van der Waals surface area contributed by atoms with Gasteiger partial charge in [-0.1, -0.05) is 103 Å². The van der Waals surface area contributed by atoms with Gasteiger partial charge < -0.3 is 4.42 Å². The number of fused-ring (bicyclic) bond motifs is 3. The number of halogens is 1. The summed E-state index contributed by atoms with van der Waals surface area (Å²) >= 11 is 6.17. The molecular weight excluding hydrogens is 412 g/mol. The lowest BCUT2D eigenvalue weighted by Gasteiger charge is -2.13. The van der Waals surface area contributed by atoms with Crippen LogP contribution in [0.4, 0.5) is 0 Å². The molecule has 0 saturated heterocycles. The molecule has 152 valence electrons. The Morgan fingerprint density at radius 2 is 1.09 bits per heavy atom. The van der Waals surface area contributed by atoms with Gasteiger partial charge in [0.2, 0.25) is 0 Å². The van der Waals surface area contributed by atoms with Crippen LogP contribution < -0.4 is 0 Å². The lowest BCUT2D eigenvalue weighted by Crippen LogP contribution is -1.88. The Morgan fingerprint density at radius 1 is 0.469 bits per heavy atom. The third-order valence-electron chi connectivity index (χ3n) is 5.98. The molecule has 32 heavy (non-hydrogen) atoms. The average molecular weight is 431 g/mol. The highest BCUT2D eigenvalue weighted by molar-refractivity contribution is 6.30. The van der Waals surface area contributed by atoms with Gasteiger partial charge in [-0.25, -0.2) is 0 Å². The van der Waals surface area contributed by atoms with E-state index in [0.29, 0.717) is 0 Å². The van der Waals surface area contributed by atoms with E-state index >= 15 is 0 Å². The van der Waals surface area contributed by atoms with Crippen LogP contribution >= 0.6 is 11.6 Å². The van der Waals surface area contributed by atoms with E-state index in [4.69, 9.17) is 16.0 Å². The van der Waals surface area contributed by atoms with Crippen molar-refractivity contribution in [3.05, 3.63) is 120 Å². The minimum absolute atomic E-state index is 0.734. The number of hydrogen-bond acceptors (Lipinski definition) is 1. The van der Waals surface area contributed by atoms with Crippen LogP contribution in [0, 0.1) is 0 Å². The summed E-state index contributed by atoms with van der Waals surface area (Å²) in [5, 5.41) is 3.00. The van der Waals surface area contributed by atoms with Gasteiger partial charge in [-0.3, -0.25) is 0 Å². The average Bonchev–Trinajstić information content (AvgIpc) is 3.23. The van der Waals surface area contributed by atoms with E-state index in [-0.39, 0.29) is 0 Å². The van der Waals surface area contributed by atoms with E-state index in [1.54, 1.807) is 0 Å². The summed E-state index contributed by atoms with van der Waals surface area (Å²) in [4.78, 5) is 0. The van der Waals surface area contributed by atoms with Crippen LogP contribution in [-0.4, -0.2) is 0 Å². The number of furan rings is 1. The fraction of sp³-hybridized carbons (Fsp3) is 0. The molecule has 0 radical (unpaired) electrons. The van der Waals surface area contributed by atoms with Gasteiger partial charge in [0.05, 0.1) is 0 Å². The van der Waals surface area contributed by atoms with E-state index in [2.05, 4.69) is 84.9 Å². The predicted molar refractivity (Wildman–Crippen MR) is 135 cm³/mol. The first-order valence-electron chi connectivity index (χ1n) is 10.6. The van der Waals surface area contributed by atoms with Crippen molar-refractivity contribution in [1.29, 1.82) is 0 Å². The summed E-state index contributed by atoms with van der Waals surface area (Å²) in [6, 6.07) is 39.7. The SMILES string of the molecule is Clc1ccc(-c2ccc3oc4ccccc4c3c2-c2ccc(-c3ccccc3)cc2)cc1. The largest absolute Gasteiger partial charge is 0.456 e. The van der Waals surface area contributed by atoms with Gasteiger partial charge >= 0.3 is 0 Å². The van der Waals surface area contributed by atoms with Crippen molar-refractivity contribution < 1.29 is 4.42 Å². The Hall–Kier alpha value is -3.81. The maximum Gasteiger partial charge on any atom is 0.136 e. The quantitative estimate of drug-likeness (QED) is 0.272. The maximum atomic E-state index is 6.20. The summed E-state index contributed by atoms with van der Waals surface area (Å²) in [6.07, 6.45) is 0. The molecule has 0 aliphatic rings. The highest BCUT2D eigenvalue weighted by atomic mass is 35.5. The molecular formula is C30H19ClO. The summed E-state index contributed by atoms with van der Waals surface area (Å²) in [5.41, 5.74) is 8.83. The Morgan fingerprint density at radius 3 is 1.88 bits per heavy atom. The first-order valence-corrected chi connectivity index (χ1v) is 11.0. The first-order chi connectivity index (χ1) is 15.8. The zero-order valence-electron chi connectivity index (χ0n) is 17.3. The highest BCUT2D eigenvalue weighted by Gasteiger charge is 2.17. The molecule has 0 atom stereocenters. The van der Waals surface area contributed by atoms with E-state index < -0.39 is 0 Å². The standard InChI is InChI=1S/C30H19ClO/c31-24-16-14-22(15-17-24)25-18-19-28-30(26-8-4-5-9-27(26)32-28)29(25)23-12-10-21(11-13-23)20-6-2-1-3-7-20/h1-19H. The van der Waals surface area contributed by atoms with Crippen molar-refractivity contribution >= 4 is 33.5 Å². The summed E-state index contributed by atoms with van der Waals surface area (Å²) < 4.78 is 6.20. The smallest absolute Gasteiger partial charge is 0.136 e. The van der Waals surface area contributed by atoms with Gasteiger partial charge in [-0.15, -0.1) is 0 Å². The molecule has 0 saturated carbocycles. The van der Waals surface area contributed by atoms with Crippen molar-refractivity contribution in [2.24, 2.45) is 0 Å². The molecule has 1 nitrogen and oxygen atoms in total. The summed E-state index contributed by atoms with van der Waals surface area (Å²) in [6.45, 7) is 0. The van der Waals surface area contributed by atoms with Crippen molar-refractivity contribution in [3.63, 3.8) is 0 Å². The lowest BCUT2D eigenvalue weighted by molar-refractivity contribution is 0.669. The predicted octanol–water partition coefficient (Wildman–Crippen LogP) is 9.24. The monoisotopic (exact) mass is 430 g/mol. The Kier molecular flexibility index (Phi) is 4.56. The molecule has 0 amide bonds. The zero-order chi connectivity index (χ0) is 21.5. The number of hydrogen-bond donors (Lipinski definition) is 0. The van der Waals surface area contributed by atoms with Crippen molar-refractivity contribution in [2.45, 2.75) is 0 Å². The van der Waals surface area contributed by atoms with Crippen LogP contribution in [-0.2, 0) is 0 Å². The van der Waals surface area contributed by atoms with Gasteiger partial charge in [0, 0.05) is 21.4 Å². The van der Waals surface area contributed by atoms with Crippen molar-refractivity contribution in [2.75, 3.05) is 0 Å². The molecule has 0 spiro atoms. The fourth-order valence-electron chi connectivity index (χ4n) is 4.45. The molecule has 0 bridgehead atoms. The second-order valence-electron chi connectivity index (χ2n) is 7.91. The van der Waals surface area contributed by atoms with Crippen molar-refractivity contribution in [3.8, 4) is 33.4 Å². The molecule has 2 heteroatoms. The maximum absolute atomic E-state index is 6.20. The van der Waals surface area contributed by atoms with E-state index in [1.807, 2.05) is 30.3 Å². The highest BCUT2D eigenvalue weighted by Crippen LogP contribution is 2.43. The van der Waals surface area contributed by atoms with Crippen LogP contribution in [0.2, 0.25) is 5.02 Å². The molecule has 5 aromatic carbocycles. The molecule has 0 aliphatic carbocycles.